The van der Waals surface area contributed by atoms with E-state index < -0.39 is 11.4 Å². The molecule has 0 amide bonds. The molecule has 2 aromatic carbocycles. The Morgan fingerprint density at radius 2 is 1.79 bits per heavy atom. The average molecular weight is 325 g/mol. The Hall–Kier alpha value is -2.82. The molecule has 0 radical (unpaired) electrons. The van der Waals surface area contributed by atoms with Gasteiger partial charge in [-0.1, -0.05) is 18.2 Å². The largest absolute Gasteiger partial charge is 0.492 e. The van der Waals surface area contributed by atoms with Crippen molar-refractivity contribution in [1.29, 1.82) is 0 Å². The lowest BCUT2D eigenvalue weighted by atomic mass is 10.1. The topological polar surface area (TPSA) is 61.4 Å². The number of aryl methyl sites for hydroxylation is 3. The van der Waals surface area contributed by atoms with Gasteiger partial charge in [0.1, 0.15) is 12.4 Å². The van der Waals surface area contributed by atoms with Gasteiger partial charge in [-0.15, -0.1) is 0 Å². The second-order valence-corrected chi connectivity index (χ2v) is 5.87. The summed E-state index contributed by atoms with van der Waals surface area (Å²) < 4.78 is 12.0. The summed E-state index contributed by atoms with van der Waals surface area (Å²) in [6.45, 7) is 6.54. The van der Waals surface area contributed by atoms with Crippen LogP contribution in [-0.2, 0) is 6.54 Å². The molecule has 0 fully saturated rings. The van der Waals surface area contributed by atoms with Crippen LogP contribution in [0.2, 0.25) is 0 Å². The minimum atomic E-state index is -0.662. The summed E-state index contributed by atoms with van der Waals surface area (Å²) in [4.78, 5) is 23.9. The lowest BCUT2D eigenvalue weighted by molar-refractivity contribution is 0.287. The van der Waals surface area contributed by atoms with E-state index in [0.717, 1.165) is 16.9 Å². The van der Waals surface area contributed by atoms with Crippen LogP contribution < -0.4 is 16.1 Å². The number of hydrogen-bond acceptors (Lipinski definition) is 4. The maximum Gasteiger partial charge on any atom is 0.422 e. The lowest BCUT2D eigenvalue weighted by Gasteiger charge is -2.12. The smallest absolute Gasteiger partial charge is 0.422 e. The summed E-state index contributed by atoms with van der Waals surface area (Å²) >= 11 is 0. The second kappa shape index (κ2) is 6.35. The van der Waals surface area contributed by atoms with E-state index in [4.69, 9.17) is 9.15 Å². The van der Waals surface area contributed by atoms with Gasteiger partial charge in [0.2, 0.25) is 0 Å². The van der Waals surface area contributed by atoms with Gasteiger partial charge >= 0.3 is 11.4 Å². The van der Waals surface area contributed by atoms with Crippen molar-refractivity contribution in [3.05, 3.63) is 74.1 Å². The van der Waals surface area contributed by atoms with Gasteiger partial charge < -0.3 is 9.15 Å². The van der Waals surface area contributed by atoms with Crippen LogP contribution in [0.4, 0.5) is 0 Å². The van der Waals surface area contributed by atoms with Gasteiger partial charge in [0.25, 0.3) is 0 Å². The first-order valence-electron chi connectivity index (χ1n) is 7.80. The van der Waals surface area contributed by atoms with E-state index in [9.17, 15) is 9.59 Å². The SMILES string of the molecule is Cc1ccc(OCCn2c(=O)oc(=O)c3cccc(C)c32)cc1C. The first-order valence-corrected chi connectivity index (χ1v) is 7.80. The Morgan fingerprint density at radius 1 is 1.00 bits per heavy atom. The van der Waals surface area contributed by atoms with Crippen molar-refractivity contribution in [3.8, 4) is 5.75 Å². The number of hydrogen-bond donors (Lipinski definition) is 0. The standard InChI is InChI=1S/C19H19NO4/c1-12-7-8-15(11-14(12)3)23-10-9-20-17-13(2)5-4-6-16(17)18(21)24-19(20)22/h4-8,11H,9-10H2,1-3H3. The molecule has 0 spiro atoms. The zero-order chi connectivity index (χ0) is 17.3. The van der Waals surface area contributed by atoms with Crippen molar-refractivity contribution in [1.82, 2.24) is 4.57 Å². The van der Waals surface area contributed by atoms with E-state index in [0.29, 0.717) is 24.1 Å². The predicted molar refractivity (Wildman–Crippen MR) is 92.9 cm³/mol. The summed E-state index contributed by atoms with van der Waals surface area (Å²) in [5, 5.41) is 0.404. The van der Waals surface area contributed by atoms with E-state index in [2.05, 4.69) is 0 Å². The molecule has 5 nitrogen and oxygen atoms in total. The highest BCUT2D eigenvalue weighted by Crippen LogP contribution is 2.17. The number of benzene rings is 2. The molecule has 124 valence electrons. The number of nitrogens with zero attached hydrogens (tertiary/aromatic N) is 1. The molecule has 0 aliphatic heterocycles. The number of rotatable bonds is 4. The summed E-state index contributed by atoms with van der Waals surface area (Å²) in [5.41, 5.74) is 3.19. The molecule has 0 bridgehead atoms. The van der Waals surface area contributed by atoms with Crippen LogP contribution in [0.1, 0.15) is 16.7 Å². The number of aromatic nitrogens is 1. The van der Waals surface area contributed by atoms with Crippen LogP contribution in [0.25, 0.3) is 10.9 Å². The molecule has 3 aromatic rings. The van der Waals surface area contributed by atoms with Gasteiger partial charge in [0.05, 0.1) is 17.4 Å². The normalized spacial score (nSPS) is 11.0. The average Bonchev–Trinajstić information content (AvgIpc) is 2.54. The molecule has 1 heterocycles. The minimum Gasteiger partial charge on any atom is -0.492 e. The molecule has 0 aliphatic rings. The van der Waals surface area contributed by atoms with E-state index in [-0.39, 0.29) is 0 Å². The molecule has 24 heavy (non-hydrogen) atoms. The third-order valence-electron chi connectivity index (χ3n) is 4.19. The fraction of sp³-hybridized carbons (Fsp3) is 0.263. The molecule has 0 atom stereocenters. The number of para-hydroxylation sites is 1. The van der Waals surface area contributed by atoms with Crippen molar-refractivity contribution in [2.75, 3.05) is 6.61 Å². The zero-order valence-electron chi connectivity index (χ0n) is 14.0. The highest BCUT2D eigenvalue weighted by molar-refractivity contribution is 5.80. The van der Waals surface area contributed by atoms with Crippen LogP contribution in [-0.4, -0.2) is 11.2 Å². The van der Waals surface area contributed by atoms with Gasteiger partial charge in [-0.05, 0) is 55.7 Å². The van der Waals surface area contributed by atoms with Gasteiger partial charge in [-0.3, -0.25) is 4.57 Å². The quantitative estimate of drug-likeness (QED) is 0.740. The van der Waals surface area contributed by atoms with Crippen LogP contribution in [0.5, 0.6) is 5.75 Å². The Labute approximate surface area is 139 Å². The van der Waals surface area contributed by atoms with Crippen molar-refractivity contribution in [2.45, 2.75) is 27.3 Å². The van der Waals surface area contributed by atoms with E-state index in [1.54, 1.807) is 12.1 Å². The maximum atomic E-state index is 12.1. The molecular weight excluding hydrogens is 306 g/mol. The Kier molecular flexibility index (Phi) is 4.25. The van der Waals surface area contributed by atoms with E-state index in [1.165, 1.54) is 10.1 Å². The molecule has 0 unspecified atom stereocenters. The Balaban J connectivity index is 1.89. The molecule has 0 aliphatic carbocycles. The molecule has 0 saturated heterocycles. The summed E-state index contributed by atoms with van der Waals surface area (Å²) in [5.74, 6) is 0.0926. The van der Waals surface area contributed by atoms with Crippen LogP contribution in [0.15, 0.2) is 50.4 Å². The van der Waals surface area contributed by atoms with Crippen molar-refractivity contribution in [2.24, 2.45) is 0 Å². The first-order chi connectivity index (χ1) is 11.5. The monoisotopic (exact) mass is 325 g/mol. The van der Waals surface area contributed by atoms with Gasteiger partial charge in [-0.2, -0.15) is 0 Å². The van der Waals surface area contributed by atoms with Crippen molar-refractivity contribution in [3.63, 3.8) is 0 Å². The molecule has 1 aromatic heterocycles. The number of ether oxygens (including phenoxy) is 1. The second-order valence-electron chi connectivity index (χ2n) is 5.87. The summed E-state index contributed by atoms with van der Waals surface area (Å²) in [6.07, 6.45) is 0. The Morgan fingerprint density at radius 3 is 2.54 bits per heavy atom. The summed E-state index contributed by atoms with van der Waals surface area (Å²) in [7, 11) is 0. The van der Waals surface area contributed by atoms with E-state index >= 15 is 0 Å². The Bertz CT molecular complexity index is 1010. The first kappa shape index (κ1) is 16.1. The molecular formula is C19H19NO4. The van der Waals surface area contributed by atoms with Crippen LogP contribution in [0, 0.1) is 20.8 Å². The van der Waals surface area contributed by atoms with E-state index in [1.807, 2.05) is 45.0 Å². The van der Waals surface area contributed by atoms with Crippen LogP contribution in [0.3, 0.4) is 0 Å². The van der Waals surface area contributed by atoms with Crippen molar-refractivity contribution >= 4 is 10.9 Å². The third-order valence-corrected chi connectivity index (χ3v) is 4.19. The molecule has 0 saturated carbocycles. The molecule has 3 rings (SSSR count). The van der Waals surface area contributed by atoms with Gasteiger partial charge in [-0.25, -0.2) is 9.59 Å². The zero-order valence-corrected chi connectivity index (χ0v) is 14.0. The number of fused-ring (bicyclic) bond motifs is 1. The maximum absolute atomic E-state index is 12.1. The van der Waals surface area contributed by atoms with Gasteiger partial charge in [0.15, 0.2) is 0 Å². The van der Waals surface area contributed by atoms with Crippen LogP contribution >= 0.6 is 0 Å². The lowest BCUT2D eigenvalue weighted by Crippen LogP contribution is -2.27. The molecule has 0 N–H and O–H groups in total. The fourth-order valence-electron chi connectivity index (χ4n) is 2.72. The molecule has 5 heteroatoms. The fourth-order valence-corrected chi connectivity index (χ4v) is 2.72. The predicted octanol–water partition coefficient (Wildman–Crippen LogP) is 2.96. The van der Waals surface area contributed by atoms with Crippen molar-refractivity contribution < 1.29 is 9.15 Å². The highest BCUT2D eigenvalue weighted by Gasteiger charge is 2.11. The van der Waals surface area contributed by atoms with Gasteiger partial charge in [0, 0.05) is 0 Å². The minimum absolute atomic E-state index is 0.302. The summed E-state index contributed by atoms with van der Waals surface area (Å²) in [6, 6.07) is 11.2. The highest BCUT2D eigenvalue weighted by atomic mass is 16.5. The third kappa shape index (κ3) is 2.97.